The minimum Gasteiger partial charge on any atom is -0.496 e. The van der Waals surface area contributed by atoms with Gasteiger partial charge in [0, 0.05) is 35.2 Å². The van der Waals surface area contributed by atoms with Gasteiger partial charge in [0.25, 0.3) is 0 Å². The van der Waals surface area contributed by atoms with E-state index in [4.69, 9.17) is 14.2 Å². The van der Waals surface area contributed by atoms with Crippen LogP contribution in [0.4, 0.5) is 0 Å². The highest BCUT2D eigenvalue weighted by molar-refractivity contribution is 9.10. The maximum atomic E-state index is 13.6. The van der Waals surface area contributed by atoms with Crippen molar-refractivity contribution in [3.8, 4) is 11.5 Å². The van der Waals surface area contributed by atoms with E-state index in [1.165, 1.54) is 7.11 Å². The first kappa shape index (κ1) is 23.1. The van der Waals surface area contributed by atoms with Crippen molar-refractivity contribution < 1.29 is 23.8 Å². The van der Waals surface area contributed by atoms with Crippen molar-refractivity contribution in [2.75, 3.05) is 21.3 Å². The molecule has 6 nitrogen and oxygen atoms in total. The highest BCUT2D eigenvalue weighted by Gasteiger charge is 2.41. The number of halogens is 1. The summed E-state index contributed by atoms with van der Waals surface area (Å²) in [6, 6.07) is 13.4. The number of methoxy groups -OCH3 is 3. The number of allylic oxidation sites excluding steroid dienone is 3. The SMILES string of the molecule is COC(=O)C1=C(C)NC2=C(C(=O)C[C@H](c3ccccc3OC)C2)[C@@H]1c1ccc(OC)c(Br)c1. The summed E-state index contributed by atoms with van der Waals surface area (Å²) in [6.07, 6.45) is 0.975. The van der Waals surface area contributed by atoms with Crippen LogP contribution in [-0.2, 0) is 14.3 Å². The number of carbonyl (C=O) groups excluding carboxylic acids is 2. The minimum absolute atomic E-state index is 0.00509. The van der Waals surface area contributed by atoms with Crippen LogP contribution in [0.2, 0.25) is 0 Å². The molecule has 0 amide bonds. The van der Waals surface area contributed by atoms with Gasteiger partial charge in [-0.15, -0.1) is 0 Å². The molecule has 0 unspecified atom stereocenters. The lowest BCUT2D eigenvalue weighted by Gasteiger charge is -2.37. The van der Waals surface area contributed by atoms with Crippen LogP contribution in [0.15, 0.2) is 69.5 Å². The highest BCUT2D eigenvalue weighted by Crippen LogP contribution is 2.47. The zero-order valence-electron chi connectivity index (χ0n) is 19.0. The molecule has 1 N–H and O–H groups in total. The van der Waals surface area contributed by atoms with E-state index in [-0.39, 0.29) is 11.7 Å². The van der Waals surface area contributed by atoms with E-state index in [1.54, 1.807) is 14.2 Å². The molecule has 172 valence electrons. The zero-order chi connectivity index (χ0) is 23.7. The van der Waals surface area contributed by atoms with Gasteiger partial charge in [-0.1, -0.05) is 24.3 Å². The second-order valence-electron chi connectivity index (χ2n) is 8.14. The van der Waals surface area contributed by atoms with Crippen molar-refractivity contribution in [1.29, 1.82) is 0 Å². The molecule has 33 heavy (non-hydrogen) atoms. The van der Waals surface area contributed by atoms with Crippen LogP contribution in [0.25, 0.3) is 0 Å². The molecule has 7 heteroatoms. The summed E-state index contributed by atoms with van der Waals surface area (Å²) in [5, 5.41) is 3.35. The average molecular weight is 512 g/mol. The minimum atomic E-state index is -0.526. The number of nitrogens with one attached hydrogen (secondary N) is 1. The molecule has 2 aromatic rings. The first-order valence-corrected chi connectivity index (χ1v) is 11.5. The van der Waals surface area contributed by atoms with Crippen LogP contribution in [0.3, 0.4) is 0 Å². The Morgan fingerprint density at radius 1 is 1.03 bits per heavy atom. The summed E-state index contributed by atoms with van der Waals surface area (Å²) >= 11 is 3.53. The van der Waals surface area contributed by atoms with E-state index in [2.05, 4.69) is 21.2 Å². The number of dihydropyridines is 1. The normalized spacial score (nSPS) is 20.2. The van der Waals surface area contributed by atoms with Crippen LogP contribution in [0.1, 0.15) is 42.7 Å². The fourth-order valence-corrected chi connectivity index (χ4v) is 5.40. The lowest BCUT2D eigenvalue weighted by molar-refractivity contribution is -0.136. The van der Waals surface area contributed by atoms with Gasteiger partial charge in [0.05, 0.1) is 31.4 Å². The Morgan fingerprint density at radius 3 is 2.42 bits per heavy atom. The van der Waals surface area contributed by atoms with Crippen LogP contribution < -0.4 is 14.8 Å². The van der Waals surface area contributed by atoms with E-state index in [1.807, 2.05) is 49.4 Å². The number of para-hydroxylation sites is 1. The smallest absolute Gasteiger partial charge is 0.336 e. The second kappa shape index (κ2) is 9.43. The summed E-state index contributed by atoms with van der Waals surface area (Å²) in [4.78, 5) is 26.4. The topological polar surface area (TPSA) is 73.9 Å². The third kappa shape index (κ3) is 4.17. The maximum Gasteiger partial charge on any atom is 0.336 e. The molecular weight excluding hydrogens is 486 g/mol. The van der Waals surface area contributed by atoms with Crippen molar-refractivity contribution in [3.05, 3.63) is 80.6 Å². The summed E-state index contributed by atoms with van der Waals surface area (Å²) in [5.41, 5.74) is 4.41. The molecule has 2 aliphatic rings. The van der Waals surface area contributed by atoms with Crippen LogP contribution in [0.5, 0.6) is 11.5 Å². The Kier molecular flexibility index (Phi) is 6.61. The first-order chi connectivity index (χ1) is 15.9. The molecule has 2 atom stereocenters. The Hall–Kier alpha value is -3.06. The molecule has 0 bridgehead atoms. The number of benzene rings is 2. The molecule has 0 fully saturated rings. The fourth-order valence-electron chi connectivity index (χ4n) is 4.84. The van der Waals surface area contributed by atoms with Crippen LogP contribution >= 0.6 is 15.9 Å². The molecule has 0 radical (unpaired) electrons. The number of rotatable bonds is 5. The molecule has 0 aromatic heterocycles. The lowest BCUT2D eigenvalue weighted by Crippen LogP contribution is -2.36. The van der Waals surface area contributed by atoms with Gasteiger partial charge < -0.3 is 19.5 Å². The third-order valence-electron chi connectivity index (χ3n) is 6.32. The lowest BCUT2D eigenvalue weighted by atomic mass is 9.71. The van der Waals surface area contributed by atoms with Gasteiger partial charge in [-0.25, -0.2) is 4.79 Å². The van der Waals surface area contributed by atoms with Crippen LogP contribution in [0, 0.1) is 0 Å². The number of ether oxygens (including phenoxy) is 3. The Labute approximate surface area is 201 Å². The Morgan fingerprint density at radius 2 is 1.76 bits per heavy atom. The first-order valence-electron chi connectivity index (χ1n) is 10.7. The number of Topliss-reactive ketones (excluding diaryl/α,β-unsaturated/α-hetero) is 1. The number of ketones is 1. The Bertz CT molecular complexity index is 1180. The van der Waals surface area contributed by atoms with Crippen molar-refractivity contribution >= 4 is 27.7 Å². The van der Waals surface area contributed by atoms with E-state index in [0.29, 0.717) is 35.4 Å². The van der Waals surface area contributed by atoms with Gasteiger partial charge >= 0.3 is 5.97 Å². The van der Waals surface area contributed by atoms with Gasteiger partial charge in [0.2, 0.25) is 0 Å². The number of hydrogen-bond acceptors (Lipinski definition) is 6. The maximum absolute atomic E-state index is 13.6. The number of carbonyl (C=O) groups is 2. The van der Waals surface area contributed by atoms with Gasteiger partial charge in [0.1, 0.15) is 11.5 Å². The van der Waals surface area contributed by atoms with Crippen molar-refractivity contribution in [2.24, 2.45) is 0 Å². The van der Waals surface area contributed by atoms with Gasteiger partial charge in [-0.05, 0) is 58.6 Å². The van der Waals surface area contributed by atoms with Gasteiger partial charge in [-0.2, -0.15) is 0 Å². The molecule has 1 aliphatic heterocycles. The summed E-state index contributed by atoms with van der Waals surface area (Å²) < 4.78 is 16.8. The average Bonchev–Trinajstić information content (AvgIpc) is 2.82. The van der Waals surface area contributed by atoms with Gasteiger partial charge in [-0.3, -0.25) is 4.79 Å². The van der Waals surface area contributed by atoms with E-state index in [0.717, 1.165) is 27.0 Å². The zero-order valence-corrected chi connectivity index (χ0v) is 20.6. The highest BCUT2D eigenvalue weighted by atomic mass is 79.9. The van der Waals surface area contributed by atoms with Crippen molar-refractivity contribution in [3.63, 3.8) is 0 Å². The summed E-state index contributed by atoms with van der Waals surface area (Å²) in [6.45, 7) is 1.85. The molecule has 4 rings (SSSR count). The summed E-state index contributed by atoms with van der Waals surface area (Å²) in [7, 11) is 4.59. The largest absolute Gasteiger partial charge is 0.496 e. The predicted molar refractivity (Wildman–Crippen MR) is 128 cm³/mol. The predicted octanol–water partition coefficient (Wildman–Crippen LogP) is 5.00. The molecule has 0 spiro atoms. The molecule has 1 heterocycles. The molecular formula is C26H26BrNO5. The van der Waals surface area contributed by atoms with Gasteiger partial charge in [0.15, 0.2) is 5.78 Å². The Balaban J connectivity index is 1.83. The fraction of sp³-hybridized carbons (Fsp3) is 0.308. The quantitative estimate of drug-likeness (QED) is 0.569. The van der Waals surface area contributed by atoms with E-state index in [9.17, 15) is 9.59 Å². The summed E-state index contributed by atoms with van der Waals surface area (Å²) in [5.74, 6) is 0.452. The number of hydrogen-bond donors (Lipinski definition) is 1. The number of esters is 1. The van der Waals surface area contributed by atoms with Crippen molar-refractivity contribution in [1.82, 2.24) is 5.32 Å². The van der Waals surface area contributed by atoms with E-state index >= 15 is 0 Å². The molecule has 0 saturated carbocycles. The molecule has 0 saturated heterocycles. The third-order valence-corrected chi connectivity index (χ3v) is 6.94. The molecule has 2 aromatic carbocycles. The van der Waals surface area contributed by atoms with E-state index < -0.39 is 11.9 Å². The van der Waals surface area contributed by atoms with Crippen LogP contribution in [-0.4, -0.2) is 33.1 Å². The monoisotopic (exact) mass is 511 g/mol. The molecule has 1 aliphatic carbocycles. The standard InChI is InChI=1S/C26H26BrNO5/c1-14-23(26(30)33-4)24(15-9-10-22(32-3)18(27)11-15)25-19(28-14)12-16(13-20(25)29)17-7-5-6-8-21(17)31-2/h5-11,16,24,28H,12-13H2,1-4H3/t16-,24-/m1/s1. The van der Waals surface area contributed by atoms with Crippen molar-refractivity contribution in [2.45, 2.75) is 31.6 Å². The second-order valence-corrected chi connectivity index (χ2v) is 9.00.